The van der Waals surface area contributed by atoms with Gasteiger partial charge in [0.05, 0.1) is 5.60 Å². The SMILES string of the molecule is CC(C)(O)CNC(=O)NCC(F)(F)F. The third kappa shape index (κ3) is 9.11. The molecule has 0 spiro atoms. The molecule has 0 saturated carbocycles. The molecule has 0 aliphatic rings. The number of amides is 2. The van der Waals surface area contributed by atoms with Gasteiger partial charge in [0.1, 0.15) is 6.54 Å². The fraction of sp³-hybridized carbons (Fsp3) is 0.857. The van der Waals surface area contributed by atoms with Gasteiger partial charge in [0, 0.05) is 6.54 Å². The van der Waals surface area contributed by atoms with Gasteiger partial charge in [-0.15, -0.1) is 0 Å². The van der Waals surface area contributed by atoms with Crippen LogP contribution in [-0.4, -0.2) is 36.0 Å². The summed E-state index contributed by atoms with van der Waals surface area (Å²) in [6.07, 6.45) is -4.42. The second-order valence-corrected chi connectivity index (χ2v) is 3.46. The zero-order valence-corrected chi connectivity index (χ0v) is 7.90. The molecule has 3 N–H and O–H groups in total. The Morgan fingerprint density at radius 3 is 2.00 bits per heavy atom. The first-order chi connectivity index (χ1) is 6.10. The summed E-state index contributed by atoms with van der Waals surface area (Å²) < 4.78 is 34.8. The number of aliphatic hydroxyl groups is 1. The number of hydrogen-bond donors (Lipinski definition) is 3. The van der Waals surface area contributed by atoms with Crippen molar-refractivity contribution >= 4 is 6.03 Å². The number of carbonyl (C=O) groups excluding carboxylic acids is 1. The van der Waals surface area contributed by atoms with Crippen molar-refractivity contribution in [3.05, 3.63) is 0 Å². The Balaban J connectivity index is 3.68. The van der Waals surface area contributed by atoms with Crippen LogP contribution < -0.4 is 10.6 Å². The smallest absolute Gasteiger partial charge is 0.389 e. The topological polar surface area (TPSA) is 61.4 Å². The molecule has 0 rings (SSSR count). The lowest BCUT2D eigenvalue weighted by Crippen LogP contribution is -2.45. The lowest BCUT2D eigenvalue weighted by molar-refractivity contribution is -0.122. The highest BCUT2D eigenvalue weighted by molar-refractivity contribution is 5.73. The van der Waals surface area contributed by atoms with Crippen LogP contribution in [0, 0.1) is 0 Å². The predicted molar refractivity (Wildman–Crippen MR) is 43.8 cm³/mol. The van der Waals surface area contributed by atoms with Gasteiger partial charge in [0.25, 0.3) is 0 Å². The van der Waals surface area contributed by atoms with Gasteiger partial charge in [0.15, 0.2) is 0 Å². The molecule has 0 aliphatic carbocycles. The number of hydrogen-bond acceptors (Lipinski definition) is 2. The molecule has 0 aromatic heterocycles. The van der Waals surface area contributed by atoms with Crippen molar-refractivity contribution in [1.29, 1.82) is 0 Å². The minimum absolute atomic E-state index is 0.114. The van der Waals surface area contributed by atoms with Gasteiger partial charge in [-0.2, -0.15) is 13.2 Å². The third-order valence-electron chi connectivity index (χ3n) is 1.13. The molecule has 84 valence electrons. The van der Waals surface area contributed by atoms with Gasteiger partial charge < -0.3 is 15.7 Å². The maximum atomic E-state index is 11.6. The van der Waals surface area contributed by atoms with E-state index in [0.29, 0.717) is 0 Å². The van der Waals surface area contributed by atoms with Crippen LogP contribution in [0.1, 0.15) is 13.8 Å². The largest absolute Gasteiger partial charge is 0.405 e. The van der Waals surface area contributed by atoms with Crippen LogP contribution in [0.3, 0.4) is 0 Å². The van der Waals surface area contributed by atoms with E-state index in [0.717, 1.165) is 0 Å². The Hall–Kier alpha value is -0.980. The van der Waals surface area contributed by atoms with Crippen molar-refractivity contribution < 1.29 is 23.1 Å². The van der Waals surface area contributed by atoms with Crippen LogP contribution in [0.25, 0.3) is 0 Å². The molecular formula is C7H13F3N2O2. The highest BCUT2D eigenvalue weighted by Crippen LogP contribution is 2.11. The number of rotatable bonds is 3. The summed E-state index contributed by atoms with van der Waals surface area (Å²) in [5, 5.41) is 12.8. The van der Waals surface area contributed by atoms with Crippen molar-refractivity contribution in [3.63, 3.8) is 0 Å². The molecule has 0 bridgehead atoms. The number of carbonyl (C=O) groups is 1. The molecule has 2 amide bonds. The number of alkyl halides is 3. The highest BCUT2D eigenvalue weighted by Gasteiger charge is 2.27. The average Bonchev–Trinajstić information content (AvgIpc) is 1.94. The normalized spacial score (nSPS) is 12.4. The van der Waals surface area contributed by atoms with Gasteiger partial charge in [0.2, 0.25) is 0 Å². The molecule has 0 aromatic rings. The van der Waals surface area contributed by atoms with Crippen molar-refractivity contribution in [2.45, 2.75) is 25.6 Å². The Bertz CT molecular complexity index is 178. The fourth-order valence-corrected chi connectivity index (χ4v) is 0.540. The number of halogens is 3. The van der Waals surface area contributed by atoms with Crippen molar-refractivity contribution in [2.75, 3.05) is 13.1 Å². The zero-order chi connectivity index (χ0) is 11.4. The first-order valence-corrected chi connectivity index (χ1v) is 3.91. The molecule has 0 fully saturated rings. The van der Waals surface area contributed by atoms with Crippen molar-refractivity contribution in [3.8, 4) is 0 Å². The van der Waals surface area contributed by atoms with E-state index >= 15 is 0 Å². The van der Waals surface area contributed by atoms with E-state index in [1.54, 1.807) is 5.32 Å². The van der Waals surface area contributed by atoms with Crippen LogP contribution in [0.4, 0.5) is 18.0 Å². The standard InChI is InChI=1S/C7H13F3N2O2/c1-6(2,14)3-11-5(13)12-4-7(8,9)10/h14H,3-4H2,1-2H3,(H2,11,12,13). The van der Waals surface area contributed by atoms with E-state index in [1.165, 1.54) is 13.8 Å². The molecule has 7 heteroatoms. The Morgan fingerprint density at radius 2 is 1.64 bits per heavy atom. The molecule has 0 radical (unpaired) electrons. The summed E-state index contributed by atoms with van der Waals surface area (Å²) in [7, 11) is 0. The summed E-state index contributed by atoms with van der Waals surface area (Å²) in [5.74, 6) is 0. The Kier molecular flexibility index (Phi) is 4.18. The van der Waals surface area contributed by atoms with Gasteiger partial charge in [-0.1, -0.05) is 0 Å². The van der Waals surface area contributed by atoms with Crippen LogP contribution in [0.2, 0.25) is 0 Å². The monoisotopic (exact) mass is 214 g/mol. The molecule has 0 saturated heterocycles. The third-order valence-corrected chi connectivity index (χ3v) is 1.13. The predicted octanol–water partition coefficient (Wildman–Crippen LogP) is 0.619. The molecular weight excluding hydrogens is 201 g/mol. The lowest BCUT2D eigenvalue weighted by atomic mass is 10.1. The number of nitrogens with one attached hydrogen (secondary N) is 2. The Labute approximate surface area is 79.5 Å². The van der Waals surface area contributed by atoms with Crippen LogP contribution in [-0.2, 0) is 0 Å². The zero-order valence-electron chi connectivity index (χ0n) is 7.90. The van der Waals surface area contributed by atoms with Gasteiger partial charge in [-0.25, -0.2) is 4.79 Å². The van der Waals surface area contributed by atoms with E-state index in [-0.39, 0.29) is 6.54 Å². The molecule has 0 aliphatic heterocycles. The molecule has 0 unspecified atom stereocenters. The van der Waals surface area contributed by atoms with Gasteiger partial charge >= 0.3 is 12.2 Å². The molecule has 0 atom stereocenters. The highest BCUT2D eigenvalue weighted by atomic mass is 19.4. The second kappa shape index (κ2) is 4.50. The van der Waals surface area contributed by atoms with E-state index in [4.69, 9.17) is 5.11 Å². The summed E-state index contributed by atoms with van der Waals surface area (Å²) in [6, 6.07) is -0.954. The quantitative estimate of drug-likeness (QED) is 0.645. The minimum Gasteiger partial charge on any atom is -0.389 e. The molecule has 0 aromatic carbocycles. The average molecular weight is 214 g/mol. The van der Waals surface area contributed by atoms with E-state index in [2.05, 4.69) is 5.32 Å². The van der Waals surface area contributed by atoms with Crippen LogP contribution in [0.5, 0.6) is 0 Å². The second-order valence-electron chi connectivity index (χ2n) is 3.46. The number of urea groups is 1. The van der Waals surface area contributed by atoms with Gasteiger partial charge in [-0.05, 0) is 13.8 Å². The fourth-order valence-electron chi connectivity index (χ4n) is 0.540. The summed E-state index contributed by atoms with van der Waals surface area (Å²) in [4.78, 5) is 10.7. The maximum Gasteiger partial charge on any atom is 0.405 e. The van der Waals surface area contributed by atoms with Gasteiger partial charge in [-0.3, -0.25) is 0 Å². The molecule has 14 heavy (non-hydrogen) atoms. The van der Waals surface area contributed by atoms with E-state index in [1.807, 2.05) is 0 Å². The first-order valence-electron chi connectivity index (χ1n) is 3.91. The summed E-state index contributed by atoms with van der Waals surface area (Å²) in [5.41, 5.74) is -1.14. The lowest BCUT2D eigenvalue weighted by Gasteiger charge is -2.18. The molecule has 4 nitrogen and oxygen atoms in total. The summed E-state index contributed by atoms with van der Waals surface area (Å²) >= 11 is 0. The summed E-state index contributed by atoms with van der Waals surface area (Å²) in [6.45, 7) is 1.36. The van der Waals surface area contributed by atoms with Crippen molar-refractivity contribution in [2.24, 2.45) is 0 Å². The van der Waals surface area contributed by atoms with E-state index < -0.39 is 24.4 Å². The molecule has 0 heterocycles. The minimum atomic E-state index is -4.42. The maximum absolute atomic E-state index is 11.6. The van der Waals surface area contributed by atoms with Crippen LogP contribution >= 0.6 is 0 Å². The first kappa shape index (κ1) is 13.0. The van der Waals surface area contributed by atoms with E-state index in [9.17, 15) is 18.0 Å². The van der Waals surface area contributed by atoms with Crippen LogP contribution in [0.15, 0.2) is 0 Å². The van der Waals surface area contributed by atoms with Crippen molar-refractivity contribution in [1.82, 2.24) is 10.6 Å². The Morgan fingerprint density at radius 1 is 1.21 bits per heavy atom.